The molecule has 0 bridgehead atoms. The molecule has 4 heterocycles. The molecule has 2 fully saturated rings. The number of nitrogens with one attached hydrogen (secondary N) is 1. The molecule has 214 valence electrons. The monoisotopic (exact) mass is 564 g/mol. The summed E-state index contributed by atoms with van der Waals surface area (Å²) >= 11 is 0. The number of fused-ring (bicyclic) bond motifs is 1. The fraction of sp³-hybridized carbons (Fsp3) is 0.344. The Labute approximate surface area is 244 Å². The first-order valence-corrected chi connectivity index (χ1v) is 14.2. The van der Waals surface area contributed by atoms with Crippen molar-refractivity contribution in [2.75, 3.05) is 31.1 Å². The Hall–Kier alpha value is -4.75. The van der Waals surface area contributed by atoms with Gasteiger partial charge in [-0.25, -0.2) is 4.98 Å². The zero-order chi connectivity index (χ0) is 29.2. The minimum absolute atomic E-state index is 0.210. The van der Waals surface area contributed by atoms with Crippen LogP contribution in [-0.4, -0.2) is 64.7 Å². The van der Waals surface area contributed by atoms with E-state index in [1.54, 1.807) is 24.4 Å². The summed E-state index contributed by atoms with van der Waals surface area (Å²) in [7, 11) is 0. The second-order valence-electron chi connectivity index (χ2n) is 10.9. The lowest BCUT2D eigenvalue weighted by molar-refractivity contribution is -0.136. The molecule has 6 rings (SSSR count). The van der Waals surface area contributed by atoms with Crippen molar-refractivity contribution in [1.82, 2.24) is 20.1 Å². The molecule has 2 atom stereocenters. The molecule has 10 nitrogen and oxygen atoms in total. The standard InChI is InChI=1S/C32H32N6O4/c1-21(36-13-15-37(16-14-36)25-10-9-24(17-33)34-18-25)23-7-5-22(6-8-23)20-42-29-4-2-3-26-27(29)19-38(32(26)41)28-11-12-30(39)35-31(28)40/h2-10,18,21,28H,11-16,19-20H2,1H3,(H,35,39,40)/t21?,28-/m0/s1. The van der Waals surface area contributed by atoms with Gasteiger partial charge in [0.25, 0.3) is 5.91 Å². The number of pyridine rings is 1. The minimum atomic E-state index is -0.652. The van der Waals surface area contributed by atoms with Gasteiger partial charge in [0.2, 0.25) is 11.8 Å². The van der Waals surface area contributed by atoms with Crippen LogP contribution in [0.1, 0.15) is 58.5 Å². The average Bonchev–Trinajstić information content (AvgIpc) is 3.36. The number of piperazine rings is 1. The lowest BCUT2D eigenvalue weighted by atomic mass is 10.0. The first kappa shape index (κ1) is 27.4. The Morgan fingerprint density at radius 1 is 1.05 bits per heavy atom. The van der Waals surface area contributed by atoms with Crippen molar-refractivity contribution in [3.63, 3.8) is 0 Å². The van der Waals surface area contributed by atoms with Gasteiger partial charge >= 0.3 is 0 Å². The fourth-order valence-electron chi connectivity index (χ4n) is 5.96. The van der Waals surface area contributed by atoms with E-state index in [2.05, 4.69) is 57.4 Å². The number of hydrogen-bond donors (Lipinski definition) is 1. The van der Waals surface area contributed by atoms with Gasteiger partial charge in [-0.2, -0.15) is 5.26 Å². The summed E-state index contributed by atoms with van der Waals surface area (Å²) in [5.41, 5.74) is 5.04. The van der Waals surface area contributed by atoms with Crippen LogP contribution in [0.15, 0.2) is 60.8 Å². The summed E-state index contributed by atoms with van der Waals surface area (Å²) in [6.07, 6.45) is 2.32. The van der Waals surface area contributed by atoms with Gasteiger partial charge in [-0.3, -0.25) is 24.6 Å². The largest absolute Gasteiger partial charge is 0.489 e. The lowest BCUT2D eigenvalue weighted by Crippen LogP contribution is -2.52. The van der Waals surface area contributed by atoms with Crippen LogP contribution in [0, 0.1) is 11.3 Å². The van der Waals surface area contributed by atoms with E-state index >= 15 is 0 Å². The zero-order valence-electron chi connectivity index (χ0n) is 23.5. The third kappa shape index (κ3) is 5.43. The van der Waals surface area contributed by atoms with Gasteiger partial charge in [0, 0.05) is 49.8 Å². The Morgan fingerprint density at radius 3 is 2.52 bits per heavy atom. The van der Waals surface area contributed by atoms with Crippen LogP contribution in [-0.2, 0) is 22.7 Å². The number of nitriles is 1. The van der Waals surface area contributed by atoms with Crippen LogP contribution >= 0.6 is 0 Å². The number of rotatable bonds is 7. The molecule has 0 aliphatic carbocycles. The molecular weight excluding hydrogens is 532 g/mol. The van der Waals surface area contributed by atoms with E-state index in [4.69, 9.17) is 10.00 Å². The molecule has 0 saturated carbocycles. The van der Waals surface area contributed by atoms with Gasteiger partial charge in [-0.05, 0) is 48.7 Å². The SMILES string of the molecule is CC(c1ccc(COc2cccc3c2CN([C@H]2CCC(=O)NC2=O)C3=O)cc1)N1CCN(c2ccc(C#N)nc2)CC1. The van der Waals surface area contributed by atoms with E-state index in [1.807, 2.05) is 12.1 Å². The number of amides is 3. The van der Waals surface area contributed by atoms with Crippen LogP contribution in [0.5, 0.6) is 5.75 Å². The molecule has 10 heteroatoms. The van der Waals surface area contributed by atoms with Crippen molar-refractivity contribution in [2.24, 2.45) is 0 Å². The molecular formula is C32H32N6O4. The fourth-order valence-corrected chi connectivity index (χ4v) is 5.96. The van der Waals surface area contributed by atoms with Gasteiger partial charge in [0.15, 0.2) is 0 Å². The van der Waals surface area contributed by atoms with E-state index in [-0.39, 0.29) is 30.8 Å². The number of piperidine rings is 1. The molecule has 0 radical (unpaired) electrons. The zero-order valence-corrected chi connectivity index (χ0v) is 23.5. The highest BCUT2D eigenvalue weighted by Gasteiger charge is 2.40. The number of ether oxygens (including phenoxy) is 1. The van der Waals surface area contributed by atoms with Crippen LogP contribution in [0.2, 0.25) is 0 Å². The highest BCUT2D eigenvalue weighted by Crippen LogP contribution is 2.34. The number of anilines is 1. The molecule has 1 aromatic heterocycles. The smallest absolute Gasteiger partial charge is 0.255 e. The maximum atomic E-state index is 13.1. The second-order valence-corrected chi connectivity index (χ2v) is 10.9. The van der Waals surface area contributed by atoms with Crippen molar-refractivity contribution < 1.29 is 19.1 Å². The maximum absolute atomic E-state index is 13.1. The van der Waals surface area contributed by atoms with Gasteiger partial charge in [0.1, 0.15) is 30.2 Å². The van der Waals surface area contributed by atoms with E-state index in [9.17, 15) is 14.4 Å². The number of nitrogens with zero attached hydrogens (tertiary/aromatic N) is 5. The minimum Gasteiger partial charge on any atom is -0.489 e. The van der Waals surface area contributed by atoms with Gasteiger partial charge < -0.3 is 14.5 Å². The predicted molar refractivity (Wildman–Crippen MR) is 154 cm³/mol. The lowest BCUT2D eigenvalue weighted by Gasteiger charge is -2.39. The summed E-state index contributed by atoms with van der Waals surface area (Å²) in [4.78, 5) is 47.5. The first-order valence-electron chi connectivity index (χ1n) is 14.2. The van der Waals surface area contributed by atoms with Crippen molar-refractivity contribution in [3.05, 3.63) is 88.7 Å². The van der Waals surface area contributed by atoms with E-state index in [0.717, 1.165) is 43.0 Å². The van der Waals surface area contributed by atoms with Crippen molar-refractivity contribution in [1.29, 1.82) is 5.26 Å². The quantitative estimate of drug-likeness (QED) is 0.435. The van der Waals surface area contributed by atoms with Crippen LogP contribution in [0.25, 0.3) is 0 Å². The third-order valence-corrected chi connectivity index (χ3v) is 8.49. The topological polar surface area (TPSA) is 119 Å². The van der Waals surface area contributed by atoms with Gasteiger partial charge in [-0.15, -0.1) is 0 Å². The van der Waals surface area contributed by atoms with E-state index in [1.165, 1.54) is 10.5 Å². The molecule has 1 unspecified atom stereocenters. The van der Waals surface area contributed by atoms with E-state index < -0.39 is 11.9 Å². The normalized spacial score (nSPS) is 19.7. The average molecular weight is 565 g/mol. The Kier molecular flexibility index (Phi) is 7.59. The van der Waals surface area contributed by atoms with Gasteiger partial charge in [0.05, 0.1) is 18.4 Å². The van der Waals surface area contributed by atoms with Crippen LogP contribution in [0.4, 0.5) is 5.69 Å². The van der Waals surface area contributed by atoms with E-state index in [0.29, 0.717) is 30.0 Å². The Balaban J connectivity index is 1.04. The third-order valence-electron chi connectivity index (χ3n) is 8.49. The highest BCUT2D eigenvalue weighted by molar-refractivity contribution is 6.05. The van der Waals surface area contributed by atoms with Crippen LogP contribution in [0.3, 0.4) is 0 Å². The predicted octanol–water partition coefficient (Wildman–Crippen LogP) is 3.18. The number of imide groups is 1. The summed E-state index contributed by atoms with van der Waals surface area (Å²) in [5.74, 6) is -0.305. The number of aromatic nitrogens is 1. The molecule has 3 aliphatic rings. The van der Waals surface area contributed by atoms with Crippen molar-refractivity contribution >= 4 is 23.4 Å². The summed E-state index contributed by atoms with van der Waals surface area (Å²) in [5, 5.41) is 11.3. The Bertz CT molecular complexity index is 1540. The first-order chi connectivity index (χ1) is 20.4. The molecule has 3 aromatic rings. The summed E-state index contributed by atoms with van der Waals surface area (Å²) in [6, 6.07) is 19.2. The molecule has 0 spiro atoms. The Morgan fingerprint density at radius 2 is 1.83 bits per heavy atom. The number of carbonyl (C=O) groups is 3. The van der Waals surface area contributed by atoms with Crippen molar-refractivity contribution in [2.45, 2.75) is 45.0 Å². The molecule has 42 heavy (non-hydrogen) atoms. The number of hydrogen-bond acceptors (Lipinski definition) is 8. The number of benzene rings is 2. The van der Waals surface area contributed by atoms with Crippen LogP contribution < -0.4 is 15.0 Å². The molecule has 1 N–H and O–H groups in total. The molecule has 3 aliphatic heterocycles. The highest BCUT2D eigenvalue weighted by atomic mass is 16.5. The maximum Gasteiger partial charge on any atom is 0.255 e. The number of carbonyl (C=O) groups excluding carboxylic acids is 3. The molecule has 2 saturated heterocycles. The van der Waals surface area contributed by atoms with Gasteiger partial charge in [-0.1, -0.05) is 30.3 Å². The summed E-state index contributed by atoms with van der Waals surface area (Å²) < 4.78 is 6.18. The summed E-state index contributed by atoms with van der Waals surface area (Å²) in [6.45, 7) is 6.52. The molecule has 3 amide bonds. The van der Waals surface area contributed by atoms with Crippen molar-refractivity contribution in [3.8, 4) is 11.8 Å². The molecule has 2 aromatic carbocycles. The second kappa shape index (κ2) is 11.6.